The molecule has 0 amide bonds. The van der Waals surface area contributed by atoms with Gasteiger partial charge in [0.05, 0.1) is 0 Å². The lowest BCUT2D eigenvalue weighted by molar-refractivity contribution is -0.131. The van der Waals surface area contributed by atoms with Gasteiger partial charge in [0, 0.05) is 29.9 Å². The van der Waals surface area contributed by atoms with Crippen LogP contribution in [0.2, 0.25) is 0 Å². The van der Waals surface area contributed by atoms with Gasteiger partial charge in [-0.05, 0) is 43.9 Å². The number of hydrogen-bond donors (Lipinski definition) is 1. The molecule has 0 aliphatic carbocycles. The molecule has 0 bridgehead atoms. The molecule has 0 saturated carbocycles. The van der Waals surface area contributed by atoms with Crippen LogP contribution in [0, 0.1) is 5.82 Å². The van der Waals surface area contributed by atoms with Crippen LogP contribution in [-0.2, 0) is 4.79 Å². The highest BCUT2D eigenvalue weighted by Crippen LogP contribution is 2.31. The van der Waals surface area contributed by atoms with E-state index in [4.69, 9.17) is 5.11 Å². The normalized spacial score (nSPS) is 19.5. The molecular formula is C16H20FNO2. The third-order valence-electron chi connectivity index (χ3n) is 3.83. The Morgan fingerprint density at radius 1 is 1.50 bits per heavy atom. The lowest BCUT2D eigenvalue weighted by Crippen LogP contribution is -2.39. The first kappa shape index (κ1) is 14.6. The number of nitrogens with zero attached hydrogens (tertiary/aromatic N) is 1. The van der Waals surface area contributed by atoms with Crippen molar-refractivity contribution >= 4 is 17.7 Å². The van der Waals surface area contributed by atoms with E-state index in [1.54, 1.807) is 6.07 Å². The maximum atomic E-state index is 14.0. The van der Waals surface area contributed by atoms with Gasteiger partial charge in [-0.3, -0.25) is 0 Å². The molecule has 1 aliphatic rings. The van der Waals surface area contributed by atoms with E-state index in [2.05, 4.69) is 11.8 Å². The number of aliphatic carboxylic acids is 1. The molecule has 0 radical (unpaired) electrons. The van der Waals surface area contributed by atoms with Gasteiger partial charge in [-0.15, -0.1) is 0 Å². The predicted molar refractivity (Wildman–Crippen MR) is 78.3 cm³/mol. The molecule has 1 aromatic carbocycles. The fourth-order valence-electron chi connectivity index (χ4n) is 2.84. The molecule has 20 heavy (non-hydrogen) atoms. The van der Waals surface area contributed by atoms with Crippen LogP contribution in [0.5, 0.6) is 0 Å². The van der Waals surface area contributed by atoms with Gasteiger partial charge < -0.3 is 10.0 Å². The minimum Gasteiger partial charge on any atom is -0.478 e. The minimum absolute atomic E-state index is 0.371. The number of carboxylic acids is 1. The molecule has 3 nitrogen and oxygen atoms in total. The van der Waals surface area contributed by atoms with Crippen molar-refractivity contribution in [1.82, 2.24) is 0 Å². The van der Waals surface area contributed by atoms with Crippen molar-refractivity contribution in [3.63, 3.8) is 0 Å². The Kier molecular flexibility index (Phi) is 4.77. The summed E-state index contributed by atoms with van der Waals surface area (Å²) in [7, 11) is 0. The number of hydrogen-bond acceptors (Lipinski definition) is 2. The summed E-state index contributed by atoms with van der Waals surface area (Å²) in [5.41, 5.74) is 1.17. The summed E-state index contributed by atoms with van der Waals surface area (Å²) in [6, 6.07) is 5.33. The molecule has 2 rings (SSSR count). The van der Waals surface area contributed by atoms with E-state index in [9.17, 15) is 9.18 Å². The third kappa shape index (κ3) is 3.18. The van der Waals surface area contributed by atoms with Crippen LogP contribution in [0.3, 0.4) is 0 Å². The summed E-state index contributed by atoms with van der Waals surface area (Å²) in [5, 5.41) is 8.74. The Labute approximate surface area is 118 Å². The first-order valence-corrected chi connectivity index (χ1v) is 7.09. The zero-order valence-corrected chi connectivity index (χ0v) is 11.7. The Balaban J connectivity index is 2.39. The molecule has 0 aromatic heterocycles. The Bertz CT molecular complexity index is 513. The largest absolute Gasteiger partial charge is 0.478 e. The first-order valence-electron chi connectivity index (χ1n) is 7.09. The van der Waals surface area contributed by atoms with Crippen LogP contribution in [0.4, 0.5) is 10.1 Å². The number of benzene rings is 1. The zero-order chi connectivity index (χ0) is 14.5. The highest BCUT2D eigenvalue weighted by molar-refractivity contribution is 5.87. The second-order valence-electron chi connectivity index (χ2n) is 5.10. The molecule has 0 spiro atoms. The number of halogens is 1. The van der Waals surface area contributed by atoms with Crippen molar-refractivity contribution in [3.8, 4) is 0 Å². The van der Waals surface area contributed by atoms with Crippen molar-refractivity contribution in [2.24, 2.45) is 0 Å². The summed E-state index contributed by atoms with van der Waals surface area (Å²) < 4.78 is 14.0. The number of anilines is 1. The van der Waals surface area contributed by atoms with Gasteiger partial charge in [-0.25, -0.2) is 9.18 Å². The maximum absolute atomic E-state index is 14.0. The fraction of sp³-hybridized carbons (Fsp3) is 0.438. The van der Waals surface area contributed by atoms with Crippen LogP contribution in [-0.4, -0.2) is 23.7 Å². The molecule has 1 unspecified atom stereocenters. The zero-order valence-electron chi connectivity index (χ0n) is 11.7. The number of carbonyl (C=O) groups is 1. The van der Waals surface area contributed by atoms with Gasteiger partial charge >= 0.3 is 5.97 Å². The highest BCUT2D eigenvalue weighted by Gasteiger charge is 2.23. The first-order chi connectivity index (χ1) is 9.63. The van der Waals surface area contributed by atoms with Gasteiger partial charge in [0.25, 0.3) is 0 Å². The molecule has 1 saturated heterocycles. The molecule has 1 heterocycles. The SMILES string of the molecule is CCC1CCCCN1c1cccc(F)c1/C=C/C(=O)O. The average Bonchev–Trinajstić information content (AvgIpc) is 2.45. The second kappa shape index (κ2) is 6.55. The Morgan fingerprint density at radius 2 is 2.30 bits per heavy atom. The van der Waals surface area contributed by atoms with E-state index < -0.39 is 5.97 Å². The van der Waals surface area contributed by atoms with E-state index in [1.807, 2.05) is 6.07 Å². The quantitative estimate of drug-likeness (QED) is 0.853. The summed E-state index contributed by atoms with van der Waals surface area (Å²) in [6.07, 6.45) is 6.76. The number of carboxylic acid groups (broad SMARTS) is 1. The Hall–Kier alpha value is -1.84. The fourth-order valence-corrected chi connectivity index (χ4v) is 2.84. The molecule has 4 heteroatoms. The smallest absolute Gasteiger partial charge is 0.328 e. The number of rotatable bonds is 4. The lowest BCUT2D eigenvalue weighted by atomic mass is 9.97. The van der Waals surface area contributed by atoms with Gasteiger partial charge in [0.2, 0.25) is 0 Å². The average molecular weight is 277 g/mol. The van der Waals surface area contributed by atoms with Gasteiger partial charge in [0.1, 0.15) is 5.82 Å². The molecule has 1 aromatic rings. The molecule has 1 atom stereocenters. The van der Waals surface area contributed by atoms with Crippen LogP contribution < -0.4 is 4.90 Å². The van der Waals surface area contributed by atoms with E-state index in [1.165, 1.54) is 18.6 Å². The van der Waals surface area contributed by atoms with Crippen LogP contribution >= 0.6 is 0 Å². The standard InChI is InChI=1S/C16H20FNO2/c1-2-12-6-3-4-11-18(12)15-8-5-7-14(17)13(15)9-10-16(19)20/h5,7-10,12H,2-4,6,11H2,1H3,(H,19,20)/b10-9+. The summed E-state index contributed by atoms with van der Waals surface area (Å²) in [4.78, 5) is 12.9. The predicted octanol–water partition coefficient (Wildman–Crippen LogP) is 3.69. The Morgan fingerprint density at radius 3 is 3.00 bits per heavy atom. The van der Waals surface area contributed by atoms with Crippen LogP contribution in [0.25, 0.3) is 6.08 Å². The van der Waals surface area contributed by atoms with Crippen LogP contribution in [0.15, 0.2) is 24.3 Å². The summed E-state index contributed by atoms with van der Waals surface area (Å²) in [6.45, 7) is 3.03. The minimum atomic E-state index is -1.06. The molecule has 1 fully saturated rings. The van der Waals surface area contributed by atoms with Crippen molar-refractivity contribution in [1.29, 1.82) is 0 Å². The van der Waals surface area contributed by atoms with Crippen molar-refractivity contribution < 1.29 is 14.3 Å². The maximum Gasteiger partial charge on any atom is 0.328 e. The van der Waals surface area contributed by atoms with E-state index in [-0.39, 0.29) is 5.82 Å². The second-order valence-corrected chi connectivity index (χ2v) is 5.10. The van der Waals surface area contributed by atoms with E-state index in [0.29, 0.717) is 11.6 Å². The van der Waals surface area contributed by atoms with E-state index >= 15 is 0 Å². The van der Waals surface area contributed by atoms with Crippen molar-refractivity contribution in [3.05, 3.63) is 35.7 Å². The third-order valence-corrected chi connectivity index (χ3v) is 3.83. The topological polar surface area (TPSA) is 40.5 Å². The molecule has 108 valence electrons. The number of piperidine rings is 1. The highest BCUT2D eigenvalue weighted by atomic mass is 19.1. The van der Waals surface area contributed by atoms with Gasteiger partial charge in [-0.1, -0.05) is 13.0 Å². The molecular weight excluding hydrogens is 257 g/mol. The summed E-state index contributed by atoms with van der Waals surface area (Å²) >= 11 is 0. The van der Waals surface area contributed by atoms with Gasteiger partial charge in [0.15, 0.2) is 0 Å². The molecule has 1 aliphatic heterocycles. The van der Waals surface area contributed by atoms with Crippen LogP contribution in [0.1, 0.15) is 38.2 Å². The van der Waals surface area contributed by atoms with Crippen molar-refractivity contribution in [2.45, 2.75) is 38.6 Å². The molecule has 1 N–H and O–H groups in total. The van der Waals surface area contributed by atoms with Gasteiger partial charge in [-0.2, -0.15) is 0 Å². The lowest BCUT2D eigenvalue weighted by Gasteiger charge is -2.38. The van der Waals surface area contributed by atoms with E-state index in [0.717, 1.165) is 37.6 Å². The van der Waals surface area contributed by atoms with Crippen molar-refractivity contribution in [2.75, 3.05) is 11.4 Å². The summed E-state index contributed by atoms with van der Waals surface area (Å²) in [5.74, 6) is -1.44. The monoisotopic (exact) mass is 277 g/mol.